The lowest BCUT2D eigenvalue weighted by atomic mass is 9.83. The number of aromatic nitrogens is 2. The van der Waals surface area contributed by atoms with Crippen LogP contribution >= 0.6 is 0 Å². The molecular weight excluding hydrogens is 568 g/mol. The summed E-state index contributed by atoms with van der Waals surface area (Å²) in [6.45, 7) is 10.6. The van der Waals surface area contributed by atoms with Crippen molar-refractivity contribution < 1.29 is 9.90 Å². The van der Waals surface area contributed by atoms with Gasteiger partial charge in [-0.25, -0.2) is 0 Å². The number of hydrogen-bond acceptors (Lipinski definition) is 4. The van der Waals surface area contributed by atoms with E-state index < -0.39 is 5.97 Å². The zero-order valence-corrected chi connectivity index (χ0v) is 28.8. The Hall–Kier alpha value is -2.96. The van der Waals surface area contributed by atoms with Crippen molar-refractivity contribution in [2.45, 2.75) is 122 Å². The largest absolute Gasteiger partial charge is 0.480 e. The van der Waals surface area contributed by atoms with Crippen molar-refractivity contribution in [3.8, 4) is 0 Å². The van der Waals surface area contributed by atoms with Gasteiger partial charge < -0.3 is 15.3 Å². The summed E-state index contributed by atoms with van der Waals surface area (Å²) in [4.78, 5) is 14.7. The van der Waals surface area contributed by atoms with Gasteiger partial charge in [0, 0.05) is 30.7 Å². The van der Waals surface area contributed by atoms with E-state index in [1.54, 1.807) is 0 Å². The second-order valence-electron chi connectivity index (χ2n) is 13.3. The molecule has 3 aliphatic rings. The van der Waals surface area contributed by atoms with Crippen LogP contribution in [0.5, 0.6) is 0 Å². The Morgan fingerprint density at radius 2 is 1.50 bits per heavy atom. The Morgan fingerprint density at radius 1 is 0.870 bits per heavy atom. The quantitative estimate of drug-likeness (QED) is 0.223. The van der Waals surface area contributed by atoms with Crippen molar-refractivity contribution in [2.75, 3.05) is 19.6 Å². The fraction of sp³-hybridized carbons (Fsp3) is 0.600. The van der Waals surface area contributed by atoms with Crippen molar-refractivity contribution in [3.05, 3.63) is 89.7 Å². The van der Waals surface area contributed by atoms with Gasteiger partial charge >= 0.3 is 5.97 Å². The molecule has 2 heterocycles. The van der Waals surface area contributed by atoms with Crippen LogP contribution in [0.15, 0.2) is 72.9 Å². The maximum absolute atomic E-state index is 12.0. The Bertz CT molecular complexity index is 1210. The lowest BCUT2D eigenvalue weighted by Crippen LogP contribution is -2.47. The molecule has 0 amide bonds. The third kappa shape index (κ3) is 10.8. The van der Waals surface area contributed by atoms with Gasteiger partial charge in [0.1, 0.15) is 6.04 Å². The van der Waals surface area contributed by atoms with Crippen LogP contribution in [0.25, 0.3) is 0 Å². The summed E-state index contributed by atoms with van der Waals surface area (Å²) in [5, 5.41) is 18.2. The summed E-state index contributed by atoms with van der Waals surface area (Å²) in [5.41, 5.74) is 4.32. The topological polar surface area (TPSA) is 70.4 Å². The number of nitrogens with zero attached hydrogens (tertiary/aromatic N) is 3. The minimum atomic E-state index is -0.642. The van der Waals surface area contributed by atoms with E-state index in [-0.39, 0.29) is 6.04 Å². The molecule has 3 unspecified atom stereocenters. The van der Waals surface area contributed by atoms with E-state index in [4.69, 9.17) is 5.10 Å². The van der Waals surface area contributed by atoms with Crippen molar-refractivity contribution in [2.24, 2.45) is 11.8 Å². The van der Waals surface area contributed by atoms with E-state index in [1.165, 1.54) is 61.9 Å². The molecule has 2 saturated carbocycles. The summed E-state index contributed by atoms with van der Waals surface area (Å²) in [6, 6.07) is 22.8. The van der Waals surface area contributed by atoms with E-state index in [2.05, 4.69) is 58.4 Å². The second-order valence-corrected chi connectivity index (χ2v) is 13.3. The van der Waals surface area contributed by atoms with Crippen molar-refractivity contribution in [3.63, 3.8) is 0 Å². The van der Waals surface area contributed by atoms with Crippen molar-refractivity contribution in [1.82, 2.24) is 20.0 Å². The van der Waals surface area contributed by atoms with Gasteiger partial charge in [0.05, 0.1) is 6.20 Å². The highest BCUT2D eigenvalue weighted by Gasteiger charge is 2.35. The van der Waals surface area contributed by atoms with E-state index in [0.717, 1.165) is 58.2 Å². The van der Waals surface area contributed by atoms with Gasteiger partial charge in [0.15, 0.2) is 0 Å². The molecule has 2 aliphatic carbocycles. The first-order valence-electron chi connectivity index (χ1n) is 18.4. The molecule has 6 nitrogen and oxygen atoms in total. The highest BCUT2D eigenvalue weighted by Crippen LogP contribution is 2.34. The minimum Gasteiger partial charge on any atom is -0.480 e. The lowest BCUT2D eigenvalue weighted by molar-refractivity contribution is -0.141. The number of hydrogen-bond donors (Lipinski definition) is 2. The third-order valence-corrected chi connectivity index (χ3v) is 10.3. The highest BCUT2D eigenvalue weighted by molar-refractivity contribution is 5.74. The summed E-state index contributed by atoms with van der Waals surface area (Å²) in [7, 11) is 0. The minimum absolute atomic E-state index is 0.313. The molecule has 6 rings (SSSR count). The van der Waals surface area contributed by atoms with Gasteiger partial charge in [-0.2, -0.15) is 5.10 Å². The lowest BCUT2D eigenvalue weighted by Gasteiger charge is -2.34. The van der Waals surface area contributed by atoms with Crippen LogP contribution in [0.1, 0.15) is 108 Å². The molecule has 1 aromatic heterocycles. The molecule has 2 N–H and O–H groups in total. The molecule has 0 radical (unpaired) electrons. The van der Waals surface area contributed by atoms with E-state index in [1.807, 2.05) is 50.2 Å². The van der Waals surface area contributed by atoms with Crippen LogP contribution in [0.3, 0.4) is 0 Å². The van der Waals surface area contributed by atoms with Gasteiger partial charge in [-0.1, -0.05) is 99.8 Å². The summed E-state index contributed by atoms with van der Waals surface area (Å²) in [5.74, 6) is 0.960. The number of nitrogens with one attached hydrogen (secondary N) is 1. The number of aliphatic carboxylic acids is 1. The first-order chi connectivity index (χ1) is 22.6. The van der Waals surface area contributed by atoms with E-state index >= 15 is 0 Å². The van der Waals surface area contributed by atoms with Crippen LogP contribution < -0.4 is 5.32 Å². The molecule has 0 spiro atoms. The van der Waals surface area contributed by atoms with Crippen LogP contribution in [-0.4, -0.2) is 57.5 Å². The Labute approximate surface area is 279 Å². The normalized spacial score (nSPS) is 21.5. The highest BCUT2D eigenvalue weighted by atomic mass is 16.4. The van der Waals surface area contributed by atoms with Gasteiger partial charge in [-0.05, 0) is 101 Å². The van der Waals surface area contributed by atoms with Crippen molar-refractivity contribution >= 4 is 5.97 Å². The smallest absolute Gasteiger partial charge is 0.320 e. The number of likely N-dealkylation sites (tertiary alicyclic amines) is 1. The molecule has 6 heteroatoms. The predicted octanol–water partition coefficient (Wildman–Crippen LogP) is 8.37. The molecule has 46 heavy (non-hydrogen) atoms. The number of aryl methyl sites for hydroxylation is 3. The predicted molar refractivity (Wildman–Crippen MR) is 190 cm³/mol. The Kier molecular flexibility index (Phi) is 15.3. The Balaban J connectivity index is 0.000000531. The maximum Gasteiger partial charge on any atom is 0.320 e. The average molecular weight is 629 g/mol. The summed E-state index contributed by atoms with van der Waals surface area (Å²) in [6.07, 6.45) is 15.9. The SMILES string of the molecule is CC.CCn1ncc(CCc2ccccc2)c1C1CCN(CC2CCC(NC(C(=O)O)C3CCCCC3)C2)CC1.c1ccccc1. The van der Waals surface area contributed by atoms with Crippen LogP contribution in [0.2, 0.25) is 0 Å². The van der Waals surface area contributed by atoms with Crippen molar-refractivity contribution in [1.29, 1.82) is 0 Å². The van der Waals surface area contributed by atoms with Crippen LogP contribution in [0, 0.1) is 11.8 Å². The third-order valence-electron chi connectivity index (χ3n) is 10.3. The summed E-state index contributed by atoms with van der Waals surface area (Å²) < 4.78 is 2.25. The molecule has 3 aromatic rings. The van der Waals surface area contributed by atoms with Crippen LogP contribution in [-0.2, 0) is 24.2 Å². The Morgan fingerprint density at radius 3 is 2.11 bits per heavy atom. The van der Waals surface area contributed by atoms with E-state index in [9.17, 15) is 9.90 Å². The van der Waals surface area contributed by atoms with Gasteiger partial charge in [0.25, 0.3) is 0 Å². The zero-order chi connectivity index (χ0) is 32.6. The number of piperidine rings is 1. The number of benzene rings is 2. The number of carbonyl (C=O) groups is 1. The number of carboxylic acid groups (broad SMARTS) is 1. The molecule has 3 atom stereocenters. The molecule has 1 saturated heterocycles. The first kappa shape index (κ1) is 35.9. The number of carboxylic acids is 1. The molecule has 1 aliphatic heterocycles. The number of rotatable bonds is 11. The fourth-order valence-electron chi connectivity index (χ4n) is 7.94. The van der Waals surface area contributed by atoms with Gasteiger partial charge in [-0.3, -0.25) is 9.48 Å². The molecule has 2 aromatic carbocycles. The standard InChI is InChI=1S/C32H48N4O2.C6H6.C2H6/c1-2-36-31(28(22-33-36)15-13-24-9-5-3-6-10-24)27-17-19-35(20-18-27)23-25-14-16-29(21-25)34-30(32(37)38)26-11-7-4-8-12-26;1-2-4-6-5-3-1;1-2/h3,5-6,9-10,22,25-27,29-30,34H,2,4,7-8,11-21,23H2,1H3,(H,37,38);1-6H;1-2H3. The van der Waals surface area contributed by atoms with Gasteiger partial charge in [-0.15, -0.1) is 0 Å². The molecular formula is C40H60N4O2. The molecule has 3 fully saturated rings. The maximum atomic E-state index is 12.0. The molecule has 252 valence electrons. The fourth-order valence-corrected chi connectivity index (χ4v) is 7.94. The summed E-state index contributed by atoms with van der Waals surface area (Å²) >= 11 is 0. The van der Waals surface area contributed by atoms with E-state index in [0.29, 0.717) is 23.8 Å². The second kappa shape index (κ2) is 19.6. The zero-order valence-electron chi connectivity index (χ0n) is 28.8. The van der Waals surface area contributed by atoms with Crippen LogP contribution in [0.4, 0.5) is 0 Å². The molecule has 0 bridgehead atoms. The first-order valence-corrected chi connectivity index (χ1v) is 18.4. The average Bonchev–Trinajstić information content (AvgIpc) is 3.75. The van der Waals surface area contributed by atoms with Gasteiger partial charge in [0.2, 0.25) is 0 Å². The monoisotopic (exact) mass is 628 g/mol.